The van der Waals surface area contributed by atoms with E-state index in [1.165, 1.54) is 31.5 Å². The standard InChI is InChI=1S/C9H17N/c1-8(2)7-9-3-5-10-6-4-9/h7,9-10H,3-6H2,1-2H3. The Balaban J connectivity index is 2.33. The van der Waals surface area contributed by atoms with Crippen LogP contribution in [-0.4, -0.2) is 13.1 Å². The van der Waals surface area contributed by atoms with E-state index in [1.807, 2.05) is 0 Å². The Morgan fingerprint density at radius 2 is 1.90 bits per heavy atom. The highest BCUT2D eigenvalue weighted by Gasteiger charge is 2.08. The summed E-state index contributed by atoms with van der Waals surface area (Å²) in [6.45, 7) is 6.77. The lowest BCUT2D eigenvalue weighted by Gasteiger charge is -2.19. The van der Waals surface area contributed by atoms with E-state index in [1.54, 1.807) is 0 Å². The first kappa shape index (κ1) is 7.80. The van der Waals surface area contributed by atoms with Crippen molar-refractivity contribution in [1.82, 2.24) is 5.32 Å². The van der Waals surface area contributed by atoms with Crippen LogP contribution in [0, 0.1) is 5.92 Å². The molecule has 0 bridgehead atoms. The van der Waals surface area contributed by atoms with Gasteiger partial charge in [-0.3, -0.25) is 0 Å². The maximum Gasteiger partial charge on any atom is -0.00433 e. The van der Waals surface area contributed by atoms with Crippen LogP contribution < -0.4 is 5.32 Å². The Hall–Kier alpha value is -0.300. The van der Waals surface area contributed by atoms with E-state index >= 15 is 0 Å². The van der Waals surface area contributed by atoms with Crippen molar-refractivity contribution in [2.75, 3.05) is 13.1 Å². The first-order valence-corrected chi connectivity index (χ1v) is 4.15. The Morgan fingerprint density at radius 1 is 1.30 bits per heavy atom. The molecule has 1 rings (SSSR count). The third-order valence-corrected chi connectivity index (χ3v) is 1.95. The van der Waals surface area contributed by atoms with Gasteiger partial charge < -0.3 is 5.32 Å². The molecule has 0 amide bonds. The summed E-state index contributed by atoms with van der Waals surface area (Å²) in [6.07, 6.45) is 5.05. The van der Waals surface area contributed by atoms with Gasteiger partial charge in [0.15, 0.2) is 0 Å². The Morgan fingerprint density at radius 3 is 2.40 bits per heavy atom. The summed E-state index contributed by atoms with van der Waals surface area (Å²) in [7, 11) is 0. The summed E-state index contributed by atoms with van der Waals surface area (Å²) in [4.78, 5) is 0. The van der Waals surface area contributed by atoms with E-state index in [0.717, 1.165) is 5.92 Å². The van der Waals surface area contributed by atoms with E-state index in [4.69, 9.17) is 0 Å². The van der Waals surface area contributed by atoms with Crippen molar-refractivity contribution in [3.05, 3.63) is 11.6 Å². The van der Waals surface area contributed by atoms with Crippen LogP contribution in [0.4, 0.5) is 0 Å². The number of piperidine rings is 1. The van der Waals surface area contributed by atoms with Crippen molar-refractivity contribution >= 4 is 0 Å². The first-order valence-electron chi connectivity index (χ1n) is 4.15. The van der Waals surface area contributed by atoms with Crippen molar-refractivity contribution in [3.63, 3.8) is 0 Å². The molecule has 10 heavy (non-hydrogen) atoms. The van der Waals surface area contributed by atoms with Crippen LogP contribution in [0.3, 0.4) is 0 Å². The van der Waals surface area contributed by atoms with Crippen LogP contribution in [0.1, 0.15) is 26.7 Å². The third-order valence-electron chi connectivity index (χ3n) is 1.95. The van der Waals surface area contributed by atoms with Crippen molar-refractivity contribution in [3.8, 4) is 0 Å². The zero-order valence-electron chi connectivity index (χ0n) is 6.98. The largest absolute Gasteiger partial charge is 0.317 e. The highest BCUT2D eigenvalue weighted by atomic mass is 14.9. The van der Waals surface area contributed by atoms with E-state index in [0.29, 0.717) is 0 Å². The van der Waals surface area contributed by atoms with Crippen LogP contribution in [0.2, 0.25) is 0 Å². The van der Waals surface area contributed by atoms with Crippen molar-refractivity contribution in [2.45, 2.75) is 26.7 Å². The molecule has 0 atom stereocenters. The molecule has 1 aliphatic rings. The van der Waals surface area contributed by atoms with Gasteiger partial charge in [0.1, 0.15) is 0 Å². The van der Waals surface area contributed by atoms with E-state index in [9.17, 15) is 0 Å². The van der Waals surface area contributed by atoms with Gasteiger partial charge in [-0.25, -0.2) is 0 Å². The van der Waals surface area contributed by atoms with E-state index < -0.39 is 0 Å². The predicted molar refractivity (Wildman–Crippen MR) is 45.0 cm³/mol. The van der Waals surface area contributed by atoms with Gasteiger partial charge in [0, 0.05) is 0 Å². The molecule has 1 saturated heterocycles. The van der Waals surface area contributed by atoms with Crippen molar-refractivity contribution in [1.29, 1.82) is 0 Å². The van der Waals surface area contributed by atoms with E-state index in [-0.39, 0.29) is 0 Å². The zero-order valence-corrected chi connectivity index (χ0v) is 6.98. The van der Waals surface area contributed by atoms with Gasteiger partial charge in [0.05, 0.1) is 0 Å². The topological polar surface area (TPSA) is 12.0 Å². The minimum absolute atomic E-state index is 0.853. The molecule has 0 aromatic carbocycles. The average molecular weight is 139 g/mol. The minimum Gasteiger partial charge on any atom is -0.317 e. The van der Waals surface area contributed by atoms with Gasteiger partial charge in [-0.1, -0.05) is 11.6 Å². The SMILES string of the molecule is CC(C)=CC1CCNCC1. The maximum absolute atomic E-state index is 3.36. The molecule has 1 heterocycles. The fourth-order valence-corrected chi connectivity index (χ4v) is 1.48. The molecule has 0 aromatic rings. The average Bonchev–Trinajstić information content (AvgIpc) is 1.88. The van der Waals surface area contributed by atoms with Gasteiger partial charge in [0.2, 0.25) is 0 Å². The van der Waals surface area contributed by atoms with Crippen LogP contribution >= 0.6 is 0 Å². The summed E-state index contributed by atoms with van der Waals surface area (Å²) >= 11 is 0. The summed E-state index contributed by atoms with van der Waals surface area (Å²) in [5.41, 5.74) is 1.46. The molecule has 0 saturated carbocycles. The van der Waals surface area contributed by atoms with Gasteiger partial charge in [-0.2, -0.15) is 0 Å². The monoisotopic (exact) mass is 139 g/mol. The molecule has 0 aromatic heterocycles. The van der Waals surface area contributed by atoms with Crippen LogP contribution in [-0.2, 0) is 0 Å². The third kappa shape index (κ3) is 2.53. The molecule has 1 aliphatic heterocycles. The number of hydrogen-bond donors (Lipinski definition) is 1. The van der Waals surface area contributed by atoms with Crippen molar-refractivity contribution in [2.24, 2.45) is 5.92 Å². The summed E-state index contributed by atoms with van der Waals surface area (Å²) in [6, 6.07) is 0. The summed E-state index contributed by atoms with van der Waals surface area (Å²) in [5, 5.41) is 3.36. The molecule has 1 heteroatoms. The zero-order chi connectivity index (χ0) is 7.40. The van der Waals surface area contributed by atoms with Gasteiger partial charge in [0.25, 0.3) is 0 Å². The minimum atomic E-state index is 0.853. The molecule has 0 aliphatic carbocycles. The molecule has 1 fully saturated rings. The molecule has 1 nitrogen and oxygen atoms in total. The van der Waals surface area contributed by atoms with Gasteiger partial charge in [-0.05, 0) is 45.7 Å². The molecule has 0 radical (unpaired) electrons. The highest BCUT2D eigenvalue weighted by Crippen LogP contribution is 2.14. The van der Waals surface area contributed by atoms with E-state index in [2.05, 4.69) is 25.2 Å². The number of hydrogen-bond acceptors (Lipinski definition) is 1. The van der Waals surface area contributed by atoms with Crippen molar-refractivity contribution < 1.29 is 0 Å². The smallest absolute Gasteiger partial charge is 0.00433 e. The van der Waals surface area contributed by atoms with Gasteiger partial charge in [-0.15, -0.1) is 0 Å². The molecule has 0 spiro atoms. The predicted octanol–water partition coefficient (Wildman–Crippen LogP) is 1.95. The molecule has 0 unspecified atom stereocenters. The first-order chi connectivity index (χ1) is 4.79. The second kappa shape index (κ2) is 3.77. The second-order valence-corrected chi connectivity index (χ2v) is 3.33. The maximum atomic E-state index is 3.36. The van der Waals surface area contributed by atoms with Gasteiger partial charge >= 0.3 is 0 Å². The number of rotatable bonds is 1. The molecule has 1 N–H and O–H groups in total. The Bertz CT molecular complexity index is 117. The molecule has 58 valence electrons. The summed E-state index contributed by atoms with van der Waals surface area (Å²) < 4.78 is 0. The fourth-order valence-electron chi connectivity index (χ4n) is 1.48. The Labute approximate surface area is 63.5 Å². The quantitative estimate of drug-likeness (QED) is 0.547. The highest BCUT2D eigenvalue weighted by molar-refractivity contribution is 4.98. The molecular weight excluding hydrogens is 122 g/mol. The fraction of sp³-hybridized carbons (Fsp3) is 0.778. The normalized spacial score (nSPS) is 20.6. The van der Waals surface area contributed by atoms with Crippen LogP contribution in [0.15, 0.2) is 11.6 Å². The number of allylic oxidation sites excluding steroid dienone is 2. The van der Waals surface area contributed by atoms with Crippen LogP contribution in [0.5, 0.6) is 0 Å². The lowest BCUT2D eigenvalue weighted by molar-refractivity contribution is 0.435. The summed E-state index contributed by atoms with van der Waals surface area (Å²) in [5.74, 6) is 0.853. The Kier molecular flexibility index (Phi) is 2.94. The lowest BCUT2D eigenvalue weighted by atomic mass is 9.96. The number of nitrogens with one attached hydrogen (secondary N) is 1. The second-order valence-electron chi connectivity index (χ2n) is 3.33. The lowest BCUT2D eigenvalue weighted by Crippen LogP contribution is -2.26. The van der Waals surface area contributed by atoms with Crippen LogP contribution in [0.25, 0.3) is 0 Å². The molecular formula is C9H17N.